The average molecular weight is 317 g/mol. The van der Waals surface area contributed by atoms with Crippen molar-refractivity contribution in [3.63, 3.8) is 0 Å². The molecule has 1 aromatic rings. The third kappa shape index (κ3) is 4.04. The number of methoxy groups -OCH3 is 1. The van der Waals surface area contributed by atoms with Gasteiger partial charge < -0.3 is 10.1 Å². The summed E-state index contributed by atoms with van der Waals surface area (Å²) in [7, 11) is -1.52. The van der Waals surface area contributed by atoms with Crippen molar-refractivity contribution in [2.45, 2.75) is 31.8 Å². The molecule has 2 heterocycles. The predicted molar refractivity (Wildman–Crippen MR) is 78.6 cm³/mol. The van der Waals surface area contributed by atoms with E-state index >= 15 is 0 Å². The van der Waals surface area contributed by atoms with Gasteiger partial charge in [-0.15, -0.1) is 11.3 Å². The Hall–Kier alpha value is -0.920. The van der Waals surface area contributed by atoms with Gasteiger partial charge in [-0.25, -0.2) is 8.42 Å². The number of hydrogen-bond donors (Lipinski definition) is 1. The van der Waals surface area contributed by atoms with Crippen molar-refractivity contribution in [1.29, 1.82) is 0 Å². The van der Waals surface area contributed by atoms with E-state index < -0.39 is 9.84 Å². The molecule has 0 radical (unpaired) electrons. The van der Waals surface area contributed by atoms with Crippen molar-refractivity contribution in [1.82, 2.24) is 5.32 Å². The number of esters is 1. The highest BCUT2D eigenvalue weighted by Gasteiger charge is 2.37. The van der Waals surface area contributed by atoms with Crippen LogP contribution in [0.2, 0.25) is 0 Å². The van der Waals surface area contributed by atoms with Gasteiger partial charge in [-0.2, -0.15) is 0 Å². The van der Waals surface area contributed by atoms with E-state index in [2.05, 4.69) is 10.1 Å². The molecule has 112 valence electrons. The molecule has 0 saturated carbocycles. The van der Waals surface area contributed by atoms with Crippen molar-refractivity contribution in [3.05, 3.63) is 21.9 Å². The molecule has 1 aliphatic rings. The number of hydrogen-bond acceptors (Lipinski definition) is 6. The zero-order chi connectivity index (χ0) is 14.8. The van der Waals surface area contributed by atoms with Crippen LogP contribution in [0.15, 0.2) is 12.1 Å². The molecule has 0 spiro atoms. The fraction of sp³-hybridized carbons (Fsp3) is 0.615. The normalized spacial score (nSPS) is 24.7. The third-order valence-electron chi connectivity index (χ3n) is 3.46. The smallest absolute Gasteiger partial charge is 0.310 e. The lowest BCUT2D eigenvalue weighted by Gasteiger charge is -2.23. The van der Waals surface area contributed by atoms with Crippen LogP contribution in [0.1, 0.15) is 23.1 Å². The largest absolute Gasteiger partial charge is 0.469 e. The summed E-state index contributed by atoms with van der Waals surface area (Å²) in [6.45, 7) is 2.57. The first-order valence-corrected chi connectivity index (χ1v) is 9.06. The summed E-state index contributed by atoms with van der Waals surface area (Å²) in [6.07, 6.45) is 0.933. The molecule has 0 aromatic carbocycles. The molecule has 1 aromatic heterocycles. The molecule has 1 atom stereocenters. The second kappa shape index (κ2) is 5.83. The molecule has 0 amide bonds. The van der Waals surface area contributed by atoms with Crippen LogP contribution in [0, 0.1) is 0 Å². The monoisotopic (exact) mass is 317 g/mol. The minimum atomic E-state index is -2.89. The Morgan fingerprint density at radius 2 is 2.15 bits per heavy atom. The molecule has 2 rings (SSSR count). The molecule has 1 saturated heterocycles. The van der Waals surface area contributed by atoms with E-state index in [1.54, 1.807) is 11.3 Å². The Morgan fingerprint density at radius 1 is 1.45 bits per heavy atom. The zero-order valence-electron chi connectivity index (χ0n) is 11.6. The zero-order valence-corrected chi connectivity index (χ0v) is 13.3. The van der Waals surface area contributed by atoms with Crippen LogP contribution >= 0.6 is 11.3 Å². The van der Waals surface area contributed by atoms with E-state index in [1.165, 1.54) is 7.11 Å². The predicted octanol–water partition coefficient (Wildman–Crippen LogP) is 1.13. The van der Waals surface area contributed by atoms with E-state index in [0.717, 1.165) is 9.75 Å². The number of thiophene rings is 1. The van der Waals surface area contributed by atoms with Crippen LogP contribution in [0.25, 0.3) is 0 Å². The van der Waals surface area contributed by atoms with Crippen molar-refractivity contribution in [2.24, 2.45) is 0 Å². The number of ether oxygens (including phenoxy) is 1. The number of carbonyl (C=O) groups excluding carboxylic acids is 1. The number of carbonyl (C=O) groups is 1. The lowest BCUT2D eigenvalue weighted by molar-refractivity contribution is -0.139. The Morgan fingerprint density at radius 3 is 2.75 bits per heavy atom. The standard InChI is InChI=1S/C13H19NO4S2/c1-13(5-6-20(16,17)9-13)14-8-11-4-3-10(19-11)7-12(15)18-2/h3-4,14H,5-9H2,1-2H3. The molecule has 1 fully saturated rings. The molecule has 0 aliphatic carbocycles. The molecule has 0 bridgehead atoms. The maximum atomic E-state index is 11.5. The maximum Gasteiger partial charge on any atom is 0.310 e. The topological polar surface area (TPSA) is 72.5 Å². The van der Waals surface area contributed by atoms with Gasteiger partial charge in [0.25, 0.3) is 0 Å². The number of rotatable bonds is 5. The minimum absolute atomic E-state index is 0.195. The first-order valence-electron chi connectivity index (χ1n) is 6.42. The molecular formula is C13H19NO4S2. The van der Waals surface area contributed by atoms with Crippen molar-refractivity contribution < 1.29 is 17.9 Å². The highest BCUT2D eigenvalue weighted by molar-refractivity contribution is 7.91. The van der Waals surface area contributed by atoms with Crippen LogP contribution in [-0.4, -0.2) is 38.5 Å². The van der Waals surface area contributed by atoms with Gasteiger partial charge in [0, 0.05) is 21.8 Å². The molecule has 1 aliphatic heterocycles. The Bertz CT molecular complexity index is 593. The van der Waals surface area contributed by atoms with Gasteiger partial charge in [-0.3, -0.25) is 4.79 Å². The average Bonchev–Trinajstić information content (AvgIpc) is 2.92. The van der Waals surface area contributed by atoms with Gasteiger partial charge in [0.1, 0.15) is 0 Å². The molecular weight excluding hydrogens is 298 g/mol. The fourth-order valence-electron chi connectivity index (χ4n) is 2.28. The molecule has 5 nitrogen and oxygen atoms in total. The van der Waals surface area contributed by atoms with Crippen LogP contribution in [0.4, 0.5) is 0 Å². The van der Waals surface area contributed by atoms with Crippen molar-refractivity contribution >= 4 is 27.1 Å². The first-order chi connectivity index (χ1) is 9.32. The second-order valence-corrected chi connectivity index (χ2v) is 8.81. The second-order valence-electron chi connectivity index (χ2n) is 5.38. The summed E-state index contributed by atoms with van der Waals surface area (Å²) in [5.74, 6) is 0.203. The van der Waals surface area contributed by atoms with Crippen LogP contribution < -0.4 is 5.32 Å². The van der Waals surface area contributed by atoms with Gasteiger partial charge in [0.15, 0.2) is 9.84 Å². The van der Waals surface area contributed by atoms with E-state index in [1.807, 2.05) is 19.1 Å². The van der Waals surface area contributed by atoms with Crippen LogP contribution in [-0.2, 0) is 32.3 Å². The number of nitrogens with one attached hydrogen (secondary N) is 1. The summed E-state index contributed by atoms with van der Waals surface area (Å²) in [6, 6.07) is 3.87. The summed E-state index contributed by atoms with van der Waals surface area (Å²) in [5, 5.41) is 3.33. The fourth-order valence-corrected chi connectivity index (χ4v) is 5.34. The van der Waals surface area contributed by atoms with Crippen LogP contribution in [0.3, 0.4) is 0 Å². The molecule has 1 unspecified atom stereocenters. The van der Waals surface area contributed by atoms with E-state index in [9.17, 15) is 13.2 Å². The number of sulfone groups is 1. The maximum absolute atomic E-state index is 11.5. The van der Waals surface area contributed by atoms with E-state index in [-0.39, 0.29) is 29.4 Å². The van der Waals surface area contributed by atoms with Gasteiger partial charge in [-0.05, 0) is 25.5 Å². The summed E-state index contributed by atoms with van der Waals surface area (Å²) in [5.41, 5.74) is -0.342. The lowest BCUT2D eigenvalue weighted by atomic mass is 10.0. The Labute approximate surface area is 123 Å². The summed E-state index contributed by atoms with van der Waals surface area (Å²) >= 11 is 1.55. The van der Waals surface area contributed by atoms with E-state index in [0.29, 0.717) is 13.0 Å². The van der Waals surface area contributed by atoms with Gasteiger partial charge in [0.05, 0.1) is 25.0 Å². The molecule has 20 heavy (non-hydrogen) atoms. The lowest BCUT2D eigenvalue weighted by Crippen LogP contribution is -2.42. The minimum Gasteiger partial charge on any atom is -0.469 e. The summed E-state index contributed by atoms with van der Waals surface area (Å²) in [4.78, 5) is 13.2. The van der Waals surface area contributed by atoms with E-state index in [4.69, 9.17) is 0 Å². The van der Waals surface area contributed by atoms with Crippen molar-refractivity contribution in [2.75, 3.05) is 18.6 Å². The quantitative estimate of drug-likeness (QED) is 0.824. The Kier molecular flexibility index (Phi) is 4.51. The highest BCUT2D eigenvalue weighted by atomic mass is 32.2. The first kappa shape index (κ1) is 15.5. The molecule has 1 N–H and O–H groups in total. The third-order valence-corrected chi connectivity index (χ3v) is 6.44. The van der Waals surface area contributed by atoms with Gasteiger partial charge in [-0.1, -0.05) is 0 Å². The van der Waals surface area contributed by atoms with Gasteiger partial charge in [0.2, 0.25) is 0 Å². The highest BCUT2D eigenvalue weighted by Crippen LogP contribution is 2.24. The Balaban J connectivity index is 1.90. The summed E-state index contributed by atoms with van der Waals surface area (Å²) < 4.78 is 27.7. The van der Waals surface area contributed by atoms with Gasteiger partial charge >= 0.3 is 5.97 Å². The van der Waals surface area contributed by atoms with Crippen molar-refractivity contribution in [3.8, 4) is 0 Å². The SMILES string of the molecule is COC(=O)Cc1ccc(CNC2(C)CCS(=O)(=O)C2)s1. The van der Waals surface area contributed by atoms with Crippen LogP contribution in [0.5, 0.6) is 0 Å². The molecule has 7 heteroatoms.